The average molecular weight is 382 g/mol. The number of fused-ring (bicyclic) bond motifs is 1. The van der Waals surface area contributed by atoms with Gasteiger partial charge < -0.3 is 0 Å². The summed E-state index contributed by atoms with van der Waals surface area (Å²) >= 11 is 0. The zero-order valence-electron chi connectivity index (χ0n) is 15.9. The second-order valence-corrected chi connectivity index (χ2v) is 7.11. The van der Waals surface area contributed by atoms with Crippen LogP contribution in [0.25, 0.3) is 33.4 Å². The number of benzene rings is 2. The van der Waals surface area contributed by atoms with E-state index in [2.05, 4.69) is 20.2 Å². The SMILES string of the molecule is Cc1ncnc2ccc(-c3nnc(N(C=O)C4CC4)nc3-c3ccccc3)cc12. The van der Waals surface area contributed by atoms with Crippen molar-refractivity contribution in [3.05, 3.63) is 60.6 Å². The summed E-state index contributed by atoms with van der Waals surface area (Å²) in [5, 5.41) is 9.73. The van der Waals surface area contributed by atoms with E-state index in [1.807, 2.05) is 55.5 Å². The molecule has 142 valence electrons. The fourth-order valence-electron chi connectivity index (χ4n) is 3.40. The molecule has 2 aromatic heterocycles. The molecule has 1 saturated carbocycles. The van der Waals surface area contributed by atoms with Gasteiger partial charge in [0.25, 0.3) is 5.95 Å². The maximum Gasteiger partial charge on any atom is 0.252 e. The summed E-state index contributed by atoms with van der Waals surface area (Å²) in [6.45, 7) is 1.95. The Morgan fingerprint density at radius 2 is 1.79 bits per heavy atom. The molecule has 0 unspecified atom stereocenters. The summed E-state index contributed by atoms with van der Waals surface area (Å²) in [6.07, 6.45) is 4.29. The molecule has 0 radical (unpaired) electrons. The summed E-state index contributed by atoms with van der Waals surface area (Å²) in [5.41, 5.74) is 4.92. The Hall–Kier alpha value is -3.74. The maximum absolute atomic E-state index is 11.6. The lowest BCUT2D eigenvalue weighted by Crippen LogP contribution is -2.26. The lowest BCUT2D eigenvalue weighted by Gasteiger charge is -2.16. The predicted octanol–water partition coefficient (Wildman–Crippen LogP) is 3.58. The molecule has 5 rings (SSSR count). The molecule has 1 aliphatic rings. The van der Waals surface area contributed by atoms with Crippen LogP contribution in [0.3, 0.4) is 0 Å². The van der Waals surface area contributed by atoms with Crippen molar-refractivity contribution in [2.24, 2.45) is 0 Å². The fourth-order valence-corrected chi connectivity index (χ4v) is 3.40. The Morgan fingerprint density at radius 3 is 2.55 bits per heavy atom. The van der Waals surface area contributed by atoms with Crippen LogP contribution in [0.2, 0.25) is 0 Å². The highest BCUT2D eigenvalue weighted by Gasteiger charge is 2.31. The molecule has 0 N–H and O–H groups in total. The number of aryl methyl sites for hydroxylation is 1. The topological polar surface area (TPSA) is 84.8 Å². The van der Waals surface area contributed by atoms with Crippen LogP contribution >= 0.6 is 0 Å². The first-order chi connectivity index (χ1) is 14.2. The third-order valence-corrected chi connectivity index (χ3v) is 5.12. The lowest BCUT2D eigenvalue weighted by molar-refractivity contribution is -0.107. The highest BCUT2D eigenvalue weighted by atomic mass is 16.1. The van der Waals surface area contributed by atoms with E-state index < -0.39 is 0 Å². The van der Waals surface area contributed by atoms with Crippen molar-refractivity contribution in [3.8, 4) is 22.5 Å². The summed E-state index contributed by atoms with van der Waals surface area (Å²) in [4.78, 5) is 26.5. The number of carbonyl (C=O) groups excluding carboxylic acids is 1. The maximum atomic E-state index is 11.6. The molecule has 0 saturated heterocycles. The number of aromatic nitrogens is 5. The van der Waals surface area contributed by atoms with Crippen LogP contribution in [0.4, 0.5) is 5.95 Å². The zero-order chi connectivity index (χ0) is 19.8. The lowest BCUT2D eigenvalue weighted by atomic mass is 10.0. The molecule has 1 amide bonds. The van der Waals surface area contributed by atoms with E-state index in [-0.39, 0.29) is 6.04 Å². The van der Waals surface area contributed by atoms with Gasteiger partial charge in [0.15, 0.2) is 0 Å². The second-order valence-electron chi connectivity index (χ2n) is 7.11. The molecular weight excluding hydrogens is 364 g/mol. The average Bonchev–Trinajstić information content (AvgIpc) is 3.60. The van der Waals surface area contributed by atoms with Crippen LogP contribution in [-0.2, 0) is 4.79 Å². The van der Waals surface area contributed by atoms with Gasteiger partial charge in [-0.3, -0.25) is 9.69 Å². The van der Waals surface area contributed by atoms with Gasteiger partial charge >= 0.3 is 0 Å². The number of hydrogen-bond acceptors (Lipinski definition) is 6. The predicted molar refractivity (Wildman–Crippen MR) is 110 cm³/mol. The summed E-state index contributed by atoms with van der Waals surface area (Å²) in [5.74, 6) is 0.338. The van der Waals surface area contributed by atoms with E-state index in [0.717, 1.165) is 47.0 Å². The highest BCUT2D eigenvalue weighted by Crippen LogP contribution is 2.33. The number of nitrogens with zero attached hydrogens (tertiary/aromatic N) is 6. The van der Waals surface area contributed by atoms with Crippen molar-refractivity contribution in [3.63, 3.8) is 0 Å². The minimum absolute atomic E-state index is 0.171. The molecule has 0 spiro atoms. The van der Waals surface area contributed by atoms with Crippen LogP contribution in [-0.4, -0.2) is 37.6 Å². The first-order valence-electron chi connectivity index (χ1n) is 9.50. The van der Waals surface area contributed by atoms with Crippen LogP contribution in [0.15, 0.2) is 54.9 Å². The van der Waals surface area contributed by atoms with Gasteiger partial charge in [-0.1, -0.05) is 36.4 Å². The molecule has 2 heterocycles. The number of rotatable bonds is 5. The van der Waals surface area contributed by atoms with E-state index in [9.17, 15) is 4.79 Å². The van der Waals surface area contributed by atoms with Gasteiger partial charge in [0.1, 0.15) is 17.7 Å². The first-order valence-corrected chi connectivity index (χ1v) is 9.50. The van der Waals surface area contributed by atoms with E-state index in [1.165, 1.54) is 0 Å². The van der Waals surface area contributed by atoms with Crippen molar-refractivity contribution in [1.82, 2.24) is 25.1 Å². The molecule has 1 aliphatic carbocycles. The van der Waals surface area contributed by atoms with Gasteiger partial charge in [-0.25, -0.2) is 15.0 Å². The monoisotopic (exact) mass is 382 g/mol. The summed E-state index contributed by atoms with van der Waals surface area (Å²) < 4.78 is 0. The molecule has 7 heteroatoms. The van der Waals surface area contributed by atoms with Gasteiger partial charge in [-0.15, -0.1) is 10.2 Å². The first kappa shape index (κ1) is 17.4. The van der Waals surface area contributed by atoms with Gasteiger partial charge in [0, 0.05) is 28.2 Å². The minimum Gasteiger partial charge on any atom is -0.279 e. The Labute approximate surface area is 167 Å². The highest BCUT2D eigenvalue weighted by molar-refractivity contribution is 5.88. The normalized spacial score (nSPS) is 13.4. The smallest absolute Gasteiger partial charge is 0.252 e. The molecule has 4 aromatic rings. The number of anilines is 1. The molecule has 0 atom stereocenters. The third-order valence-electron chi connectivity index (χ3n) is 5.12. The van der Waals surface area contributed by atoms with Gasteiger partial charge in [-0.05, 0) is 31.9 Å². The molecule has 1 fully saturated rings. The Bertz CT molecular complexity index is 1210. The molecule has 2 aromatic carbocycles. The van der Waals surface area contributed by atoms with E-state index in [0.29, 0.717) is 17.3 Å². The standard InChI is InChI=1S/C22H18N6O/c1-14-18-11-16(7-10-19(18)24-12-23-14)21-20(15-5-3-2-4-6-15)25-22(27-26-21)28(13-29)17-8-9-17/h2-7,10-13,17H,8-9H2,1H3. The largest absolute Gasteiger partial charge is 0.279 e. The Balaban J connectivity index is 1.70. The van der Waals surface area contributed by atoms with Crippen LogP contribution < -0.4 is 4.90 Å². The van der Waals surface area contributed by atoms with E-state index in [4.69, 9.17) is 4.98 Å². The summed E-state index contributed by atoms with van der Waals surface area (Å²) in [7, 11) is 0. The van der Waals surface area contributed by atoms with E-state index >= 15 is 0 Å². The molecule has 7 nitrogen and oxygen atoms in total. The Morgan fingerprint density at radius 1 is 0.966 bits per heavy atom. The van der Waals surface area contributed by atoms with Crippen molar-refractivity contribution in [1.29, 1.82) is 0 Å². The van der Waals surface area contributed by atoms with Gasteiger partial charge in [0.05, 0.1) is 5.52 Å². The third kappa shape index (κ3) is 3.20. The van der Waals surface area contributed by atoms with Crippen molar-refractivity contribution < 1.29 is 4.79 Å². The molecule has 29 heavy (non-hydrogen) atoms. The fraction of sp³-hybridized carbons (Fsp3) is 0.182. The number of hydrogen-bond donors (Lipinski definition) is 0. The number of amides is 1. The minimum atomic E-state index is 0.171. The molecule has 0 bridgehead atoms. The van der Waals surface area contributed by atoms with Crippen molar-refractivity contribution in [2.45, 2.75) is 25.8 Å². The van der Waals surface area contributed by atoms with Gasteiger partial charge in [0.2, 0.25) is 6.41 Å². The molecule has 0 aliphatic heterocycles. The van der Waals surface area contributed by atoms with Crippen LogP contribution in [0.1, 0.15) is 18.5 Å². The van der Waals surface area contributed by atoms with E-state index in [1.54, 1.807) is 11.2 Å². The van der Waals surface area contributed by atoms with Crippen LogP contribution in [0.5, 0.6) is 0 Å². The van der Waals surface area contributed by atoms with Crippen molar-refractivity contribution in [2.75, 3.05) is 4.90 Å². The summed E-state index contributed by atoms with van der Waals surface area (Å²) in [6, 6.07) is 15.9. The van der Waals surface area contributed by atoms with Crippen LogP contribution in [0, 0.1) is 6.92 Å². The van der Waals surface area contributed by atoms with Crippen molar-refractivity contribution >= 4 is 23.3 Å². The zero-order valence-corrected chi connectivity index (χ0v) is 15.9. The number of carbonyl (C=O) groups is 1. The molecular formula is C22H18N6O. The quantitative estimate of drug-likeness (QED) is 0.491. The van der Waals surface area contributed by atoms with Gasteiger partial charge in [-0.2, -0.15) is 0 Å². The second kappa shape index (κ2) is 7.01. The Kier molecular flexibility index (Phi) is 4.20.